The van der Waals surface area contributed by atoms with Crippen LogP contribution in [0.25, 0.3) is 0 Å². The third-order valence-corrected chi connectivity index (χ3v) is 14.3. The minimum atomic E-state index is -1.65. The van der Waals surface area contributed by atoms with Crippen LogP contribution in [0.5, 0.6) is 0 Å². The summed E-state index contributed by atoms with van der Waals surface area (Å²) >= 11 is 0. The number of carbonyl (C=O) groups excluding carboxylic acids is 1. The van der Waals surface area contributed by atoms with E-state index in [2.05, 4.69) is 33.0 Å². The number of aliphatic carboxylic acids is 1. The van der Waals surface area contributed by atoms with Crippen molar-refractivity contribution in [3.05, 3.63) is 35.9 Å². The van der Waals surface area contributed by atoms with Crippen molar-refractivity contribution in [3.63, 3.8) is 0 Å². The number of alkyl carbamates (subject to hydrolysis) is 1. The number of carboxylic acid groups (broad SMARTS) is 1. The average molecular weight is 827 g/mol. The van der Waals surface area contributed by atoms with Gasteiger partial charge in [-0.3, -0.25) is 4.79 Å². The summed E-state index contributed by atoms with van der Waals surface area (Å²) in [6.45, 7) is 16.1. The molecule has 0 aliphatic carbocycles. The number of nitrogens with one attached hydrogen (secondary N) is 1. The van der Waals surface area contributed by atoms with Gasteiger partial charge in [0.05, 0.1) is 59.8 Å². The molecule has 5 saturated heterocycles. The molecular weight excluding hydrogens is 757 g/mol. The third-order valence-electron chi connectivity index (χ3n) is 14.3. The first-order chi connectivity index (χ1) is 26.8. The van der Waals surface area contributed by atoms with Crippen molar-refractivity contribution in [1.29, 1.82) is 0 Å². The zero-order chi connectivity index (χ0) is 41.5. The molecule has 323 valence electrons. The molecule has 17 unspecified atom stereocenters. The molecule has 58 heavy (non-hydrogen) atoms. The predicted octanol–water partition coefficient (Wildman–Crippen LogP) is 5.48. The first-order valence-electron chi connectivity index (χ1n) is 21.3. The molecule has 1 amide bonds. The zero-order valence-corrected chi connectivity index (χ0v) is 38.5. The molecule has 0 aromatic heterocycles. The molecule has 5 heterocycles. The number of aliphatic hydroxyl groups is 2. The van der Waals surface area contributed by atoms with Crippen LogP contribution in [0, 0.1) is 35.5 Å². The maximum absolute atomic E-state index is 12.6. The molecule has 4 N–H and O–H groups in total. The van der Waals surface area contributed by atoms with Gasteiger partial charge < -0.3 is 53.8 Å². The van der Waals surface area contributed by atoms with Gasteiger partial charge in [0.15, 0.2) is 5.79 Å². The maximum Gasteiger partial charge on any atom is 0.407 e. The number of amides is 1. The Morgan fingerprint density at radius 3 is 2.34 bits per heavy atom. The van der Waals surface area contributed by atoms with Gasteiger partial charge in [0, 0.05) is 73.8 Å². The summed E-state index contributed by atoms with van der Waals surface area (Å²) in [5.74, 6) is -4.91. The number of hydrogen-bond acceptors (Lipinski definition) is 11. The smallest absolute Gasteiger partial charge is 0.407 e. The Kier molecular flexibility index (Phi) is 15.6. The van der Waals surface area contributed by atoms with Crippen molar-refractivity contribution in [2.75, 3.05) is 20.3 Å². The van der Waals surface area contributed by atoms with Gasteiger partial charge in [0.1, 0.15) is 6.61 Å². The fourth-order valence-electron chi connectivity index (χ4n) is 10.8. The number of carbonyl (C=O) groups is 2. The second-order valence-electron chi connectivity index (χ2n) is 18.8. The van der Waals surface area contributed by atoms with Gasteiger partial charge in [-0.25, -0.2) is 4.79 Å². The quantitative estimate of drug-likeness (QED) is 0.185. The van der Waals surface area contributed by atoms with E-state index in [-0.39, 0.29) is 84.1 Å². The van der Waals surface area contributed by atoms with Crippen LogP contribution >= 0.6 is 0 Å². The number of rotatable bonds is 13. The van der Waals surface area contributed by atoms with Crippen LogP contribution in [0.15, 0.2) is 30.3 Å². The number of methoxy groups -OCH3 is 1. The van der Waals surface area contributed by atoms with Crippen molar-refractivity contribution in [2.24, 2.45) is 35.5 Å². The molecule has 6 rings (SSSR count). The van der Waals surface area contributed by atoms with Crippen LogP contribution in [0.2, 0.25) is 0 Å². The average Bonchev–Trinajstić information content (AvgIpc) is 3.87. The molecule has 5 aliphatic heterocycles. The van der Waals surface area contributed by atoms with Gasteiger partial charge in [-0.15, -0.1) is 0 Å². The van der Waals surface area contributed by atoms with Crippen LogP contribution in [0.4, 0.5) is 4.79 Å². The number of hydrogen-bond donors (Lipinski definition) is 4. The normalized spacial score (nSPS) is 43.0. The van der Waals surface area contributed by atoms with Crippen LogP contribution in [-0.2, 0) is 44.4 Å². The summed E-state index contributed by atoms with van der Waals surface area (Å²) in [5.41, 5.74) is -0.163. The number of aliphatic hydroxyl groups excluding tert-OH is 1. The van der Waals surface area contributed by atoms with Crippen LogP contribution < -0.4 is 5.32 Å². The first kappa shape index (κ1) is 47.7. The zero-order valence-electron chi connectivity index (χ0n) is 36.5. The van der Waals surface area contributed by atoms with Gasteiger partial charge in [0.2, 0.25) is 5.79 Å². The van der Waals surface area contributed by atoms with Crippen LogP contribution in [0.3, 0.4) is 0 Å². The Balaban J connectivity index is 0.00000641. The van der Waals surface area contributed by atoms with E-state index in [4.69, 9.17) is 33.2 Å². The maximum atomic E-state index is 12.6. The monoisotopic (exact) mass is 826 g/mol. The summed E-state index contributed by atoms with van der Waals surface area (Å²) in [6, 6.07) is 9.88. The second-order valence-corrected chi connectivity index (χ2v) is 18.8. The molecule has 1 spiro atoms. The van der Waals surface area contributed by atoms with Crippen molar-refractivity contribution in [1.82, 2.24) is 5.32 Å². The van der Waals surface area contributed by atoms with E-state index in [1.807, 2.05) is 51.1 Å². The molecule has 0 bridgehead atoms. The van der Waals surface area contributed by atoms with Crippen molar-refractivity contribution in [3.8, 4) is 0 Å². The summed E-state index contributed by atoms with van der Waals surface area (Å²) in [4.78, 5) is 24.5. The first-order valence-corrected chi connectivity index (χ1v) is 21.3. The Bertz CT molecular complexity index is 1540. The molecule has 5 fully saturated rings. The van der Waals surface area contributed by atoms with E-state index in [9.17, 15) is 24.9 Å². The summed E-state index contributed by atoms with van der Waals surface area (Å²) in [6.07, 6.45) is 1.71. The molecule has 0 saturated carbocycles. The Morgan fingerprint density at radius 2 is 1.67 bits per heavy atom. The largest absolute Gasteiger partial charge is 0.481 e. The number of ether oxygens (including phenoxy) is 7. The second kappa shape index (κ2) is 18.9. The van der Waals surface area contributed by atoms with E-state index >= 15 is 0 Å². The summed E-state index contributed by atoms with van der Waals surface area (Å²) < 4.78 is 45.2. The van der Waals surface area contributed by atoms with Gasteiger partial charge in [-0.2, -0.15) is 0 Å². The van der Waals surface area contributed by atoms with Crippen molar-refractivity contribution >= 4 is 41.6 Å². The molecule has 17 atom stereocenters. The van der Waals surface area contributed by atoms with E-state index in [1.165, 1.54) is 7.11 Å². The van der Waals surface area contributed by atoms with Gasteiger partial charge in [-0.1, -0.05) is 65.0 Å². The molecule has 1 radical (unpaired) electrons. The Morgan fingerprint density at radius 1 is 0.966 bits per heavy atom. The topological polar surface area (TPSA) is 171 Å². The minimum Gasteiger partial charge on any atom is -0.481 e. The van der Waals surface area contributed by atoms with Gasteiger partial charge >= 0.3 is 12.1 Å². The summed E-state index contributed by atoms with van der Waals surface area (Å²) in [7, 11) is 1.52. The third kappa shape index (κ3) is 9.96. The SMILES string of the molecule is COC(C(C)C(=O)O)C(C)C1OC2(CCC(C)(C3CCC(C)(C4OC(C5OC(O)(COC(=O)NCCc6ccccc6)C(C)CC5C)CC4C)O3)O2)CC(O)C1C.[Na]. The molecule has 14 heteroatoms. The van der Waals surface area contributed by atoms with Crippen molar-refractivity contribution in [2.45, 2.75) is 172 Å². The fraction of sp³-hybridized carbons (Fsp3) is 0.818. The molecule has 5 aliphatic rings. The Labute approximate surface area is 367 Å². The molecule has 1 aromatic rings. The van der Waals surface area contributed by atoms with E-state index in [0.717, 1.165) is 24.8 Å². The number of benzene rings is 1. The standard InChI is InChI=1S/C44H69NO12.Na/c1-25-21-27(3)44(50,24-52-40(49)45-20-16-31-13-11-10-12-14-31)56-35(25)33-22-26(2)38(53-33)42(8)17-15-34(54-42)41(7)18-19-43(57-41)23-32(46)28(4)37(55-43)29(5)36(51-9)30(6)39(47)48;/h10-14,25-30,32-38,46,50H,15-24H2,1-9H3,(H,45,49)(H,47,48);. The fourth-order valence-corrected chi connectivity index (χ4v) is 10.8. The predicted molar refractivity (Wildman–Crippen MR) is 216 cm³/mol. The molecule has 1 aromatic carbocycles. The van der Waals surface area contributed by atoms with E-state index in [1.54, 1.807) is 6.92 Å². The molecule has 13 nitrogen and oxygen atoms in total. The Hall–Kier alpha value is -1.36. The summed E-state index contributed by atoms with van der Waals surface area (Å²) in [5, 5.41) is 35.5. The van der Waals surface area contributed by atoms with E-state index < -0.39 is 65.2 Å². The molecular formula is C44H69NNaO12. The van der Waals surface area contributed by atoms with Gasteiger partial charge in [-0.05, 0) is 76.7 Å². The van der Waals surface area contributed by atoms with Crippen LogP contribution in [0.1, 0.15) is 106 Å². The van der Waals surface area contributed by atoms with E-state index in [0.29, 0.717) is 38.6 Å². The van der Waals surface area contributed by atoms with Crippen LogP contribution in [-0.4, -0.2) is 143 Å². The minimum absolute atomic E-state index is 0. The van der Waals surface area contributed by atoms with Gasteiger partial charge in [0.25, 0.3) is 0 Å². The number of carboxylic acids is 1. The van der Waals surface area contributed by atoms with Crippen molar-refractivity contribution < 1.29 is 58.1 Å².